The van der Waals surface area contributed by atoms with Crippen LogP contribution in [0.15, 0.2) is 64.4 Å². The summed E-state index contributed by atoms with van der Waals surface area (Å²) in [5.74, 6) is 0.276. The van der Waals surface area contributed by atoms with Crippen molar-refractivity contribution < 1.29 is 9.90 Å². The highest BCUT2D eigenvalue weighted by molar-refractivity contribution is 7.99. The van der Waals surface area contributed by atoms with E-state index in [9.17, 15) is 9.90 Å². The number of likely N-dealkylation sites (tertiary alicyclic amines) is 1. The largest absolute Gasteiger partial charge is 0.465 e. The molecular weight excluding hydrogens is 294 g/mol. The van der Waals surface area contributed by atoms with E-state index in [2.05, 4.69) is 24.3 Å². The second kappa shape index (κ2) is 6.44. The Balaban J connectivity index is 1.84. The Hall–Kier alpha value is -1.94. The van der Waals surface area contributed by atoms with Crippen molar-refractivity contribution in [3.63, 3.8) is 0 Å². The Kier molecular flexibility index (Phi) is 4.39. The molecule has 22 heavy (non-hydrogen) atoms. The predicted molar refractivity (Wildman–Crippen MR) is 88.6 cm³/mol. The van der Waals surface area contributed by atoms with Gasteiger partial charge in [0.15, 0.2) is 0 Å². The fourth-order valence-electron chi connectivity index (χ4n) is 3.05. The molecule has 3 nitrogen and oxygen atoms in total. The van der Waals surface area contributed by atoms with Crippen molar-refractivity contribution in [2.75, 3.05) is 6.54 Å². The summed E-state index contributed by atoms with van der Waals surface area (Å²) < 4.78 is 0. The van der Waals surface area contributed by atoms with Gasteiger partial charge >= 0.3 is 6.09 Å². The molecule has 1 aliphatic heterocycles. The van der Waals surface area contributed by atoms with E-state index in [1.807, 2.05) is 37.3 Å². The van der Waals surface area contributed by atoms with Crippen molar-refractivity contribution in [1.82, 2.24) is 4.90 Å². The molecule has 1 aliphatic rings. The van der Waals surface area contributed by atoms with Gasteiger partial charge in [-0.15, -0.1) is 0 Å². The zero-order valence-corrected chi connectivity index (χ0v) is 13.3. The van der Waals surface area contributed by atoms with Gasteiger partial charge in [-0.3, -0.25) is 0 Å². The Bertz CT molecular complexity index is 659. The standard InChI is InChI=1S/C18H19NO2S/c1-13-11-14(12-19(13)18(20)21)16-9-5-6-10-17(16)22-15-7-3-2-4-8-15/h2-10,13-14H,11-12H2,1H3,(H,20,21)/t13-,14+/m1/s1. The maximum Gasteiger partial charge on any atom is 0.407 e. The lowest BCUT2D eigenvalue weighted by atomic mass is 9.97. The van der Waals surface area contributed by atoms with E-state index in [0.29, 0.717) is 6.54 Å². The predicted octanol–water partition coefficient (Wildman–Crippen LogP) is 4.69. The molecule has 114 valence electrons. The Labute approximate surface area is 135 Å². The fraction of sp³-hybridized carbons (Fsp3) is 0.278. The Morgan fingerprint density at radius 1 is 1.14 bits per heavy atom. The van der Waals surface area contributed by atoms with E-state index in [4.69, 9.17) is 0 Å². The zero-order valence-electron chi connectivity index (χ0n) is 12.5. The summed E-state index contributed by atoms with van der Waals surface area (Å²) in [6.45, 7) is 2.57. The molecule has 2 atom stereocenters. The van der Waals surface area contributed by atoms with E-state index in [1.54, 1.807) is 16.7 Å². The smallest absolute Gasteiger partial charge is 0.407 e. The van der Waals surface area contributed by atoms with Crippen LogP contribution >= 0.6 is 11.8 Å². The molecule has 1 N–H and O–H groups in total. The van der Waals surface area contributed by atoms with Crippen LogP contribution in [0.5, 0.6) is 0 Å². The van der Waals surface area contributed by atoms with Gasteiger partial charge in [0.05, 0.1) is 0 Å². The first-order valence-electron chi connectivity index (χ1n) is 7.46. The van der Waals surface area contributed by atoms with Gasteiger partial charge in [0.1, 0.15) is 0 Å². The van der Waals surface area contributed by atoms with Gasteiger partial charge in [-0.25, -0.2) is 4.79 Å². The number of carbonyl (C=O) groups is 1. The first-order chi connectivity index (χ1) is 10.6. The van der Waals surface area contributed by atoms with E-state index in [0.717, 1.165) is 6.42 Å². The number of nitrogens with zero attached hydrogens (tertiary/aromatic N) is 1. The molecule has 1 saturated heterocycles. The number of hydrogen-bond acceptors (Lipinski definition) is 2. The van der Waals surface area contributed by atoms with Crippen LogP contribution in [0.25, 0.3) is 0 Å². The summed E-state index contributed by atoms with van der Waals surface area (Å²) in [6, 6.07) is 18.7. The number of rotatable bonds is 3. The molecule has 4 heteroatoms. The van der Waals surface area contributed by atoms with E-state index in [-0.39, 0.29) is 12.0 Å². The molecule has 0 aromatic heterocycles. The van der Waals surface area contributed by atoms with Gasteiger partial charge < -0.3 is 10.0 Å². The molecule has 1 fully saturated rings. The monoisotopic (exact) mass is 313 g/mol. The summed E-state index contributed by atoms with van der Waals surface area (Å²) in [5, 5.41) is 9.27. The van der Waals surface area contributed by atoms with Gasteiger partial charge in [-0.1, -0.05) is 48.2 Å². The minimum absolute atomic E-state index is 0.0808. The van der Waals surface area contributed by atoms with Gasteiger partial charge in [0.25, 0.3) is 0 Å². The minimum Gasteiger partial charge on any atom is -0.465 e. The average molecular weight is 313 g/mol. The summed E-state index contributed by atoms with van der Waals surface area (Å²) in [6.07, 6.45) is 0.0711. The summed E-state index contributed by atoms with van der Waals surface area (Å²) in [7, 11) is 0. The van der Waals surface area contributed by atoms with Crippen molar-refractivity contribution in [2.24, 2.45) is 0 Å². The van der Waals surface area contributed by atoms with Crippen molar-refractivity contribution in [1.29, 1.82) is 0 Å². The highest BCUT2D eigenvalue weighted by Crippen LogP contribution is 2.39. The molecule has 0 unspecified atom stereocenters. The molecular formula is C18H19NO2S. The number of amides is 1. The van der Waals surface area contributed by atoms with Crippen LogP contribution in [0.2, 0.25) is 0 Å². The molecule has 2 aromatic rings. The van der Waals surface area contributed by atoms with Crippen LogP contribution in [-0.4, -0.2) is 28.7 Å². The molecule has 0 bridgehead atoms. The summed E-state index contributed by atoms with van der Waals surface area (Å²) in [5.41, 5.74) is 1.26. The van der Waals surface area contributed by atoms with Crippen LogP contribution < -0.4 is 0 Å². The third kappa shape index (κ3) is 3.12. The minimum atomic E-state index is -0.816. The van der Waals surface area contributed by atoms with E-state index >= 15 is 0 Å². The molecule has 0 radical (unpaired) electrons. The van der Waals surface area contributed by atoms with Crippen LogP contribution in [0.1, 0.15) is 24.8 Å². The quantitative estimate of drug-likeness (QED) is 0.893. The highest BCUT2D eigenvalue weighted by Gasteiger charge is 2.34. The van der Waals surface area contributed by atoms with Crippen LogP contribution in [-0.2, 0) is 0 Å². The highest BCUT2D eigenvalue weighted by atomic mass is 32.2. The average Bonchev–Trinajstić information content (AvgIpc) is 2.91. The maximum atomic E-state index is 11.3. The van der Waals surface area contributed by atoms with Gasteiger partial charge in [0, 0.05) is 28.3 Å². The lowest BCUT2D eigenvalue weighted by molar-refractivity contribution is 0.143. The fourth-order valence-corrected chi connectivity index (χ4v) is 4.10. The van der Waals surface area contributed by atoms with Crippen molar-refractivity contribution in [2.45, 2.75) is 35.1 Å². The molecule has 0 aliphatic carbocycles. The second-order valence-electron chi connectivity index (χ2n) is 5.67. The van der Waals surface area contributed by atoms with Crippen molar-refractivity contribution in [3.05, 3.63) is 60.2 Å². The number of hydrogen-bond donors (Lipinski definition) is 1. The maximum absolute atomic E-state index is 11.3. The zero-order chi connectivity index (χ0) is 15.5. The van der Waals surface area contributed by atoms with Crippen molar-refractivity contribution in [3.8, 4) is 0 Å². The third-order valence-electron chi connectivity index (χ3n) is 4.15. The third-order valence-corrected chi connectivity index (χ3v) is 5.25. The van der Waals surface area contributed by atoms with Crippen LogP contribution in [0, 0.1) is 0 Å². The summed E-state index contributed by atoms with van der Waals surface area (Å²) >= 11 is 1.75. The van der Waals surface area contributed by atoms with Gasteiger partial charge in [-0.2, -0.15) is 0 Å². The Morgan fingerprint density at radius 2 is 1.82 bits per heavy atom. The first kappa shape index (κ1) is 15.0. The van der Waals surface area contributed by atoms with Crippen molar-refractivity contribution >= 4 is 17.9 Å². The number of benzene rings is 2. The van der Waals surface area contributed by atoms with E-state index < -0.39 is 6.09 Å². The lowest BCUT2D eigenvalue weighted by Gasteiger charge is -2.17. The van der Waals surface area contributed by atoms with Gasteiger partial charge in [-0.05, 0) is 37.1 Å². The molecule has 0 spiro atoms. The molecule has 3 rings (SSSR count). The number of carboxylic acid groups (broad SMARTS) is 1. The SMILES string of the molecule is C[C@@H]1C[C@H](c2ccccc2Sc2ccccc2)CN1C(=O)O. The molecule has 2 aromatic carbocycles. The second-order valence-corrected chi connectivity index (χ2v) is 6.78. The summed E-state index contributed by atoms with van der Waals surface area (Å²) in [4.78, 5) is 15.3. The lowest BCUT2D eigenvalue weighted by Crippen LogP contribution is -2.32. The molecule has 0 saturated carbocycles. The van der Waals surface area contributed by atoms with E-state index in [1.165, 1.54) is 15.4 Å². The van der Waals surface area contributed by atoms with Gasteiger partial charge in [0.2, 0.25) is 0 Å². The van der Waals surface area contributed by atoms with Crippen LogP contribution in [0.3, 0.4) is 0 Å². The Morgan fingerprint density at radius 3 is 2.50 bits per heavy atom. The molecule has 1 heterocycles. The van der Waals surface area contributed by atoms with Crippen LogP contribution in [0.4, 0.5) is 4.79 Å². The molecule has 1 amide bonds. The first-order valence-corrected chi connectivity index (χ1v) is 8.28. The topological polar surface area (TPSA) is 40.5 Å². The normalized spacial score (nSPS) is 21.0.